The lowest BCUT2D eigenvalue weighted by Gasteiger charge is -2.24. The second-order valence-electron chi connectivity index (χ2n) is 5.60. The zero-order valence-electron chi connectivity index (χ0n) is 13.8. The van der Waals surface area contributed by atoms with Crippen LogP contribution in [0.2, 0.25) is 0 Å². The topological polar surface area (TPSA) is 95.5 Å². The third-order valence-corrected chi connectivity index (χ3v) is 5.75. The maximum absolute atomic E-state index is 12.3. The van der Waals surface area contributed by atoms with E-state index in [1.165, 1.54) is 23.9 Å². The molecule has 2 amide bonds. The van der Waals surface area contributed by atoms with E-state index in [9.17, 15) is 14.4 Å². The Labute approximate surface area is 158 Å². The molecule has 0 aliphatic carbocycles. The number of thioether (sulfide) groups is 2. The number of hydrogen-bond donors (Lipinski definition) is 3. The molecule has 3 rings (SSSR count). The molecule has 0 saturated heterocycles. The van der Waals surface area contributed by atoms with E-state index in [0.29, 0.717) is 16.3 Å². The molecule has 0 unspecified atom stereocenters. The van der Waals surface area contributed by atoms with Crippen molar-refractivity contribution in [1.82, 2.24) is 0 Å². The zero-order valence-corrected chi connectivity index (χ0v) is 15.4. The maximum atomic E-state index is 12.3. The summed E-state index contributed by atoms with van der Waals surface area (Å²) in [5.41, 5.74) is 1.38. The van der Waals surface area contributed by atoms with E-state index in [-0.39, 0.29) is 23.8 Å². The first kappa shape index (κ1) is 18.3. The van der Waals surface area contributed by atoms with Gasteiger partial charge in [-0.15, -0.1) is 23.5 Å². The number of aromatic carboxylic acids is 1. The van der Waals surface area contributed by atoms with Gasteiger partial charge >= 0.3 is 5.97 Å². The molecule has 1 atom stereocenters. The summed E-state index contributed by atoms with van der Waals surface area (Å²) in [6.45, 7) is 0. The van der Waals surface area contributed by atoms with E-state index in [1.807, 2.05) is 24.5 Å². The third-order valence-electron chi connectivity index (χ3n) is 3.77. The summed E-state index contributed by atoms with van der Waals surface area (Å²) in [6, 6.07) is 12.0. The van der Waals surface area contributed by atoms with E-state index in [1.54, 1.807) is 23.9 Å². The number of fused-ring (bicyclic) bond motifs is 1. The molecule has 1 aliphatic heterocycles. The fourth-order valence-electron chi connectivity index (χ4n) is 2.49. The number of amides is 2. The first-order valence-electron chi connectivity index (χ1n) is 7.75. The van der Waals surface area contributed by atoms with Gasteiger partial charge in [0.25, 0.3) is 0 Å². The minimum atomic E-state index is -1.03. The summed E-state index contributed by atoms with van der Waals surface area (Å²) >= 11 is 2.78. The van der Waals surface area contributed by atoms with Crippen molar-refractivity contribution in [3.8, 4) is 0 Å². The standard InChI is InChI=1S/C18H16N2O4S2/c1-25-12-4-2-3-11(8-12)19-16(21)9-15-17(22)20-13-6-5-10(18(23)24)7-14(13)26-15/h2-8,15H,9H2,1H3,(H,19,21)(H,20,22)(H,23,24)/t15-/m1/s1. The highest BCUT2D eigenvalue weighted by atomic mass is 32.2. The van der Waals surface area contributed by atoms with Crippen molar-refractivity contribution in [1.29, 1.82) is 0 Å². The lowest BCUT2D eigenvalue weighted by Crippen LogP contribution is -2.32. The van der Waals surface area contributed by atoms with Gasteiger partial charge in [-0.1, -0.05) is 6.07 Å². The van der Waals surface area contributed by atoms with Gasteiger partial charge in [-0.05, 0) is 42.7 Å². The molecular weight excluding hydrogens is 372 g/mol. The largest absolute Gasteiger partial charge is 0.478 e. The number of carbonyl (C=O) groups excluding carboxylic acids is 2. The minimum Gasteiger partial charge on any atom is -0.478 e. The second-order valence-corrected chi connectivity index (χ2v) is 7.72. The van der Waals surface area contributed by atoms with Crippen molar-refractivity contribution >= 4 is 52.7 Å². The average molecular weight is 388 g/mol. The van der Waals surface area contributed by atoms with Gasteiger partial charge in [0.1, 0.15) is 0 Å². The number of nitrogens with one attached hydrogen (secondary N) is 2. The zero-order chi connectivity index (χ0) is 18.7. The van der Waals surface area contributed by atoms with Gasteiger partial charge in [-0.3, -0.25) is 9.59 Å². The van der Waals surface area contributed by atoms with Crippen molar-refractivity contribution in [2.45, 2.75) is 21.5 Å². The number of hydrogen-bond acceptors (Lipinski definition) is 5. The Morgan fingerprint density at radius 3 is 2.81 bits per heavy atom. The van der Waals surface area contributed by atoms with E-state index in [0.717, 1.165) is 4.90 Å². The first-order valence-corrected chi connectivity index (χ1v) is 9.85. The Morgan fingerprint density at radius 1 is 1.27 bits per heavy atom. The summed E-state index contributed by atoms with van der Waals surface area (Å²) < 4.78 is 0. The number of carboxylic acid groups (broad SMARTS) is 1. The number of rotatable bonds is 5. The molecule has 0 aromatic heterocycles. The predicted molar refractivity (Wildman–Crippen MR) is 103 cm³/mol. The number of carboxylic acids is 1. The predicted octanol–water partition coefficient (Wildman–Crippen LogP) is 3.55. The van der Waals surface area contributed by atoms with Gasteiger partial charge in [-0.2, -0.15) is 0 Å². The molecule has 0 radical (unpaired) electrons. The van der Waals surface area contributed by atoms with Crippen LogP contribution in [-0.2, 0) is 9.59 Å². The molecule has 134 valence electrons. The summed E-state index contributed by atoms with van der Waals surface area (Å²) in [5, 5.41) is 14.0. The van der Waals surface area contributed by atoms with E-state index in [4.69, 9.17) is 5.11 Å². The molecule has 1 aliphatic rings. The monoisotopic (exact) mass is 388 g/mol. The fraction of sp³-hybridized carbons (Fsp3) is 0.167. The van der Waals surface area contributed by atoms with Crippen LogP contribution >= 0.6 is 23.5 Å². The summed E-state index contributed by atoms with van der Waals surface area (Å²) in [5.74, 6) is -1.57. The second kappa shape index (κ2) is 7.84. The molecular formula is C18H16N2O4S2. The third kappa shape index (κ3) is 4.20. The number of benzene rings is 2. The van der Waals surface area contributed by atoms with Gasteiger partial charge < -0.3 is 15.7 Å². The van der Waals surface area contributed by atoms with E-state index in [2.05, 4.69) is 10.6 Å². The summed E-state index contributed by atoms with van der Waals surface area (Å²) in [4.78, 5) is 37.3. The number of anilines is 2. The molecule has 0 bridgehead atoms. The molecule has 0 saturated carbocycles. The van der Waals surface area contributed by atoms with Crippen LogP contribution in [0.1, 0.15) is 16.8 Å². The average Bonchev–Trinajstić information content (AvgIpc) is 2.62. The quantitative estimate of drug-likeness (QED) is 0.678. The van der Waals surface area contributed by atoms with Crippen LogP contribution < -0.4 is 10.6 Å². The lowest BCUT2D eigenvalue weighted by atomic mass is 10.2. The molecule has 26 heavy (non-hydrogen) atoms. The van der Waals surface area contributed by atoms with Crippen LogP contribution in [0.15, 0.2) is 52.3 Å². The highest BCUT2D eigenvalue weighted by Gasteiger charge is 2.29. The lowest BCUT2D eigenvalue weighted by molar-refractivity contribution is -0.120. The van der Waals surface area contributed by atoms with Crippen LogP contribution in [0.4, 0.5) is 11.4 Å². The van der Waals surface area contributed by atoms with Gasteiger partial charge in [0.15, 0.2) is 0 Å². The van der Waals surface area contributed by atoms with E-state index < -0.39 is 11.2 Å². The highest BCUT2D eigenvalue weighted by molar-refractivity contribution is 8.01. The highest BCUT2D eigenvalue weighted by Crippen LogP contribution is 2.37. The van der Waals surface area contributed by atoms with Crippen molar-refractivity contribution in [3.63, 3.8) is 0 Å². The molecule has 2 aromatic carbocycles. The molecule has 6 nitrogen and oxygen atoms in total. The molecule has 0 spiro atoms. The Bertz CT molecular complexity index is 885. The Kier molecular flexibility index (Phi) is 5.53. The molecule has 8 heteroatoms. The van der Waals surface area contributed by atoms with Gasteiger partial charge in [0.05, 0.1) is 16.5 Å². The Hall–Kier alpha value is -2.45. The minimum absolute atomic E-state index is 0.00324. The number of carbonyl (C=O) groups is 3. The molecule has 1 heterocycles. The van der Waals surface area contributed by atoms with Crippen molar-refractivity contribution in [3.05, 3.63) is 48.0 Å². The molecule has 0 fully saturated rings. The van der Waals surface area contributed by atoms with Crippen LogP contribution in [0, 0.1) is 0 Å². The normalized spacial score (nSPS) is 15.7. The van der Waals surface area contributed by atoms with Crippen LogP contribution in [0.5, 0.6) is 0 Å². The van der Waals surface area contributed by atoms with Crippen LogP contribution in [0.25, 0.3) is 0 Å². The van der Waals surface area contributed by atoms with Crippen molar-refractivity contribution in [2.24, 2.45) is 0 Å². The van der Waals surface area contributed by atoms with Crippen molar-refractivity contribution < 1.29 is 19.5 Å². The molecule has 2 aromatic rings. The Balaban J connectivity index is 1.69. The SMILES string of the molecule is CSc1cccc(NC(=O)C[C@H]2Sc3cc(C(=O)O)ccc3NC2=O)c1. The van der Waals surface area contributed by atoms with Crippen molar-refractivity contribution in [2.75, 3.05) is 16.9 Å². The van der Waals surface area contributed by atoms with Gasteiger partial charge in [0, 0.05) is 21.9 Å². The van der Waals surface area contributed by atoms with Gasteiger partial charge in [-0.25, -0.2) is 4.79 Å². The fourth-order valence-corrected chi connectivity index (χ4v) is 4.10. The summed E-state index contributed by atoms with van der Waals surface area (Å²) in [7, 11) is 0. The maximum Gasteiger partial charge on any atom is 0.335 e. The Morgan fingerprint density at radius 2 is 2.08 bits per heavy atom. The van der Waals surface area contributed by atoms with E-state index >= 15 is 0 Å². The first-order chi connectivity index (χ1) is 12.5. The van der Waals surface area contributed by atoms with Gasteiger partial charge in [0.2, 0.25) is 11.8 Å². The van der Waals surface area contributed by atoms with Crippen LogP contribution in [-0.4, -0.2) is 34.4 Å². The molecule has 3 N–H and O–H groups in total. The summed E-state index contributed by atoms with van der Waals surface area (Å²) in [6.07, 6.45) is 1.95. The smallest absolute Gasteiger partial charge is 0.335 e. The van der Waals surface area contributed by atoms with Crippen LogP contribution in [0.3, 0.4) is 0 Å².